The van der Waals surface area contributed by atoms with Crippen molar-refractivity contribution in [2.75, 3.05) is 26.7 Å². The molecule has 0 radical (unpaired) electrons. The molecule has 3 fully saturated rings. The van der Waals surface area contributed by atoms with E-state index in [0.717, 1.165) is 18.4 Å². The Bertz CT molecular complexity index is 719. The van der Waals surface area contributed by atoms with Crippen molar-refractivity contribution >= 4 is 17.8 Å². The molecule has 4 amide bonds. The van der Waals surface area contributed by atoms with E-state index in [0.29, 0.717) is 19.1 Å². The van der Waals surface area contributed by atoms with Gasteiger partial charge in [-0.15, -0.1) is 0 Å². The zero-order chi connectivity index (χ0) is 18.3. The van der Waals surface area contributed by atoms with Crippen molar-refractivity contribution in [2.45, 2.75) is 37.4 Å². The van der Waals surface area contributed by atoms with Crippen molar-refractivity contribution in [2.24, 2.45) is 0 Å². The standard InChI is InChI=1S/C19H24N4O3/c1-21-17(25)11-15(18(21)13-5-3-2-4-6-13)20-16(24)12-22-9-10-23(19(22)26)14-7-8-14/h2-6,14-15,18H,7-12H2,1H3,(H,20,24)/t15-,18+/m0/s1. The molecule has 0 bridgehead atoms. The molecule has 3 aliphatic rings. The van der Waals surface area contributed by atoms with Gasteiger partial charge in [0.15, 0.2) is 0 Å². The molecule has 2 aliphatic heterocycles. The summed E-state index contributed by atoms with van der Waals surface area (Å²) in [7, 11) is 1.77. The fraction of sp³-hybridized carbons (Fsp3) is 0.526. The molecule has 1 aliphatic carbocycles. The Morgan fingerprint density at radius 3 is 2.58 bits per heavy atom. The number of likely N-dealkylation sites (N-methyl/N-ethyl adjacent to an activating group) is 1. The monoisotopic (exact) mass is 356 g/mol. The van der Waals surface area contributed by atoms with Crippen LogP contribution in [0.3, 0.4) is 0 Å². The highest BCUT2D eigenvalue weighted by Crippen LogP contribution is 2.32. The third-order valence-corrected chi connectivity index (χ3v) is 5.52. The summed E-state index contributed by atoms with van der Waals surface area (Å²) in [6.07, 6.45) is 2.42. The van der Waals surface area contributed by atoms with E-state index in [1.54, 1.807) is 16.8 Å². The highest BCUT2D eigenvalue weighted by Gasteiger charge is 2.41. The van der Waals surface area contributed by atoms with Crippen LogP contribution in [0.5, 0.6) is 0 Å². The fourth-order valence-corrected chi connectivity index (χ4v) is 4.00. The van der Waals surface area contributed by atoms with E-state index in [1.807, 2.05) is 35.2 Å². The maximum atomic E-state index is 12.5. The van der Waals surface area contributed by atoms with Gasteiger partial charge in [-0.05, 0) is 18.4 Å². The Morgan fingerprint density at radius 2 is 1.88 bits per heavy atom. The molecule has 138 valence electrons. The van der Waals surface area contributed by atoms with Gasteiger partial charge in [0, 0.05) is 32.6 Å². The summed E-state index contributed by atoms with van der Waals surface area (Å²) in [4.78, 5) is 42.2. The van der Waals surface area contributed by atoms with Gasteiger partial charge in [0.05, 0.1) is 12.1 Å². The number of carbonyl (C=O) groups excluding carboxylic acids is 3. The van der Waals surface area contributed by atoms with Crippen LogP contribution >= 0.6 is 0 Å². The maximum absolute atomic E-state index is 12.5. The molecule has 1 aromatic rings. The Hall–Kier alpha value is -2.57. The van der Waals surface area contributed by atoms with E-state index in [-0.39, 0.29) is 42.9 Å². The lowest BCUT2D eigenvalue weighted by molar-refractivity contribution is -0.127. The third-order valence-electron chi connectivity index (χ3n) is 5.52. The number of hydrogen-bond acceptors (Lipinski definition) is 3. The molecule has 1 N–H and O–H groups in total. The van der Waals surface area contributed by atoms with Crippen LogP contribution in [0.4, 0.5) is 4.79 Å². The summed E-state index contributed by atoms with van der Waals surface area (Å²) in [5, 5.41) is 2.98. The van der Waals surface area contributed by atoms with Gasteiger partial charge in [-0.1, -0.05) is 30.3 Å². The normalized spacial score (nSPS) is 26.0. The van der Waals surface area contributed by atoms with Crippen LogP contribution < -0.4 is 5.32 Å². The zero-order valence-electron chi connectivity index (χ0n) is 14.9. The summed E-state index contributed by atoms with van der Waals surface area (Å²) < 4.78 is 0. The predicted molar refractivity (Wildman–Crippen MR) is 95.2 cm³/mol. The Balaban J connectivity index is 1.40. The minimum absolute atomic E-state index is 0.0151. The minimum atomic E-state index is -0.278. The molecule has 4 rings (SSSR count). The first-order chi connectivity index (χ1) is 12.5. The van der Waals surface area contributed by atoms with Crippen LogP contribution in [0.25, 0.3) is 0 Å². The third kappa shape index (κ3) is 3.13. The van der Waals surface area contributed by atoms with Crippen LogP contribution in [0.1, 0.15) is 30.9 Å². The van der Waals surface area contributed by atoms with E-state index in [1.165, 1.54) is 0 Å². The number of amides is 4. The number of benzene rings is 1. The number of hydrogen-bond donors (Lipinski definition) is 1. The van der Waals surface area contributed by atoms with E-state index < -0.39 is 0 Å². The van der Waals surface area contributed by atoms with E-state index in [2.05, 4.69) is 5.32 Å². The second kappa shape index (κ2) is 6.63. The molecule has 0 aromatic heterocycles. The van der Waals surface area contributed by atoms with Crippen LogP contribution in [-0.4, -0.2) is 71.3 Å². The Labute approximate surface area is 152 Å². The Kier molecular flexibility index (Phi) is 4.30. The van der Waals surface area contributed by atoms with Crippen molar-refractivity contribution in [1.82, 2.24) is 20.0 Å². The first kappa shape index (κ1) is 16.9. The van der Waals surface area contributed by atoms with Crippen molar-refractivity contribution in [3.8, 4) is 0 Å². The average Bonchev–Trinajstić information content (AvgIpc) is 3.35. The van der Waals surface area contributed by atoms with E-state index >= 15 is 0 Å². The summed E-state index contributed by atoms with van der Waals surface area (Å²) in [5.74, 6) is -0.189. The van der Waals surface area contributed by atoms with Crippen molar-refractivity contribution in [1.29, 1.82) is 0 Å². The molecule has 2 atom stereocenters. The number of urea groups is 1. The van der Waals surface area contributed by atoms with Gasteiger partial charge in [-0.25, -0.2) is 4.79 Å². The number of nitrogens with one attached hydrogen (secondary N) is 1. The largest absolute Gasteiger partial charge is 0.349 e. The maximum Gasteiger partial charge on any atom is 0.320 e. The first-order valence-corrected chi connectivity index (χ1v) is 9.20. The van der Waals surface area contributed by atoms with Crippen LogP contribution in [0, 0.1) is 0 Å². The lowest BCUT2D eigenvalue weighted by Gasteiger charge is -2.26. The van der Waals surface area contributed by atoms with Crippen molar-refractivity contribution in [3.63, 3.8) is 0 Å². The van der Waals surface area contributed by atoms with Gasteiger partial charge in [0.1, 0.15) is 6.54 Å². The lowest BCUT2D eigenvalue weighted by atomic mass is 10.0. The van der Waals surface area contributed by atoms with Gasteiger partial charge in [0.25, 0.3) is 0 Å². The molecular weight excluding hydrogens is 332 g/mol. The fourth-order valence-electron chi connectivity index (χ4n) is 4.00. The molecule has 2 heterocycles. The highest BCUT2D eigenvalue weighted by molar-refractivity contribution is 5.87. The smallest absolute Gasteiger partial charge is 0.320 e. The van der Waals surface area contributed by atoms with Gasteiger partial charge >= 0.3 is 6.03 Å². The van der Waals surface area contributed by atoms with Crippen LogP contribution in [0.15, 0.2) is 30.3 Å². The molecule has 26 heavy (non-hydrogen) atoms. The van der Waals surface area contributed by atoms with Gasteiger partial charge in [-0.2, -0.15) is 0 Å². The summed E-state index contributed by atoms with van der Waals surface area (Å²) in [5.41, 5.74) is 1.00. The first-order valence-electron chi connectivity index (χ1n) is 9.20. The molecule has 1 saturated carbocycles. The van der Waals surface area contributed by atoms with Gasteiger partial charge < -0.3 is 20.0 Å². The van der Waals surface area contributed by atoms with Crippen molar-refractivity contribution in [3.05, 3.63) is 35.9 Å². The predicted octanol–water partition coefficient (Wildman–Crippen LogP) is 0.975. The quantitative estimate of drug-likeness (QED) is 0.855. The molecule has 0 spiro atoms. The van der Waals surface area contributed by atoms with E-state index in [9.17, 15) is 14.4 Å². The molecule has 7 nitrogen and oxygen atoms in total. The molecule has 0 unspecified atom stereocenters. The van der Waals surface area contributed by atoms with Crippen molar-refractivity contribution < 1.29 is 14.4 Å². The summed E-state index contributed by atoms with van der Waals surface area (Å²) in [6, 6.07) is 9.61. The topological polar surface area (TPSA) is 73.0 Å². The van der Waals surface area contributed by atoms with Crippen LogP contribution in [0.2, 0.25) is 0 Å². The average molecular weight is 356 g/mol. The van der Waals surface area contributed by atoms with Gasteiger partial charge in [-0.3, -0.25) is 9.59 Å². The molecule has 2 saturated heterocycles. The molecule has 1 aromatic carbocycles. The van der Waals surface area contributed by atoms with E-state index in [4.69, 9.17) is 0 Å². The SMILES string of the molecule is CN1C(=O)C[C@H](NC(=O)CN2CCN(C3CC3)C2=O)[C@H]1c1ccccc1. The molecule has 7 heteroatoms. The minimum Gasteiger partial charge on any atom is -0.349 e. The second-order valence-electron chi connectivity index (χ2n) is 7.37. The second-order valence-corrected chi connectivity index (χ2v) is 7.37. The summed E-state index contributed by atoms with van der Waals surface area (Å²) >= 11 is 0. The Morgan fingerprint density at radius 1 is 1.15 bits per heavy atom. The summed E-state index contributed by atoms with van der Waals surface area (Å²) in [6.45, 7) is 1.35. The number of carbonyl (C=O) groups is 3. The number of nitrogens with zero attached hydrogens (tertiary/aromatic N) is 3. The van der Waals surface area contributed by atoms with Gasteiger partial charge in [0.2, 0.25) is 11.8 Å². The van der Waals surface area contributed by atoms with Crippen LogP contribution in [-0.2, 0) is 9.59 Å². The number of rotatable bonds is 5. The number of likely N-dealkylation sites (tertiary alicyclic amines) is 1. The lowest BCUT2D eigenvalue weighted by Crippen LogP contribution is -2.45. The molecular formula is C19H24N4O3. The highest BCUT2D eigenvalue weighted by atomic mass is 16.2. The zero-order valence-corrected chi connectivity index (χ0v) is 14.9.